The molecule has 5 heteroatoms. The number of benzene rings is 1. The van der Waals surface area contributed by atoms with E-state index in [2.05, 4.69) is 5.92 Å². The zero-order chi connectivity index (χ0) is 13.3. The van der Waals surface area contributed by atoms with Crippen LogP contribution in [0.25, 0.3) is 10.1 Å². The summed E-state index contributed by atoms with van der Waals surface area (Å²) in [4.78, 5) is 14.1. The number of nitrogens with two attached hydrogens (primary N) is 1. The lowest BCUT2D eigenvalue weighted by Crippen LogP contribution is -2.26. The second-order valence-electron chi connectivity index (χ2n) is 3.82. The number of hydrogen-bond donors (Lipinski definition) is 1. The van der Waals surface area contributed by atoms with Crippen LogP contribution in [-0.4, -0.2) is 24.4 Å². The van der Waals surface area contributed by atoms with Crippen LogP contribution < -0.4 is 5.73 Å². The smallest absolute Gasteiger partial charge is 0.266 e. The summed E-state index contributed by atoms with van der Waals surface area (Å²) in [6.45, 7) is 0.250. The zero-order valence-corrected chi connectivity index (χ0v) is 11.3. The van der Waals surface area contributed by atoms with Crippen LogP contribution in [0.4, 0.5) is 5.69 Å². The van der Waals surface area contributed by atoms with E-state index in [9.17, 15) is 4.79 Å². The van der Waals surface area contributed by atoms with Gasteiger partial charge in [-0.05, 0) is 12.1 Å². The number of carbonyl (C=O) groups is 1. The average Bonchev–Trinajstić information content (AvgIpc) is 2.67. The zero-order valence-electron chi connectivity index (χ0n) is 9.74. The number of nitrogens with zero attached hydrogens (tertiary/aromatic N) is 1. The largest absolute Gasteiger partial charge is 0.397 e. The van der Waals surface area contributed by atoms with Gasteiger partial charge in [-0.3, -0.25) is 4.79 Å². The predicted molar refractivity (Wildman–Crippen MR) is 77.0 cm³/mol. The fourth-order valence-electron chi connectivity index (χ4n) is 1.67. The van der Waals surface area contributed by atoms with Crippen molar-refractivity contribution in [1.29, 1.82) is 0 Å². The Labute approximate surface area is 114 Å². The van der Waals surface area contributed by atoms with Crippen LogP contribution in [-0.2, 0) is 0 Å². The van der Waals surface area contributed by atoms with Crippen LogP contribution >= 0.6 is 22.9 Å². The molecule has 92 valence electrons. The Bertz CT molecular complexity index is 657. The van der Waals surface area contributed by atoms with Gasteiger partial charge in [-0.25, -0.2) is 0 Å². The van der Waals surface area contributed by atoms with Gasteiger partial charge in [0.15, 0.2) is 0 Å². The number of fused-ring (bicyclic) bond motifs is 1. The average molecular weight is 279 g/mol. The molecule has 18 heavy (non-hydrogen) atoms. The minimum atomic E-state index is -0.178. The molecule has 1 amide bonds. The lowest BCUT2D eigenvalue weighted by Gasteiger charge is -2.12. The van der Waals surface area contributed by atoms with E-state index in [4.69, 9.17) is 23.8 Å². The molecule has 0 spiro atoms. The molecule has 1 heterocycles. The standard InChI is InChI=1S/C13H11ClN2OS/c1-3-7-16(2)13(17)12-11(15)10-8(14)5-4-6-9(10)18-12/h1,4-6H,7,15H2,2H3. The van der Waals surface area contributed by atoms with Gasteiger partial charge in [0.1, 0.15) is 4.88 Å². The fraction of sp³-hybridized carbons (Fsp3) is 0.154. The summed E-state index contributed by atoms with van der Waals surface area (Å²) in [5, 5.41) is 1.29. The van der Waals surface area contributed by atoms with Crippen LogP contribution in [0.3, 0.4) is 0 Å². The minimum absolute atomic E-state index is 0.178. The highest BCUT2D eigenvalue weighted by Gasteiger charge is 2.20. The van der Waals surface area contributed by atoms with E-state index in [-0.39, 0.29) is 12.5 Å². The quantitative estimate of drug-likeness (QED) is 0.859. The van der Waals surface area contributed by atoms with Crippen LogP contribution in [0.2, 0.25) is 5.02 Å². The lowest BCUT2D eigenvalue weighted by atomic mass is 10.2. The lowest BCUT2D eigenvalue weighted by molar-refractivity contribution is 0.0818. The number of rotatable bonds is 2. The molecular weight excluding hydrogens is 268 g/mol. The van der Waals surface area contributed by atoms with Crippen molar-refractivity contribution in [2.45, 2.75) is 0 Å². The van der Waals surface area contributed by atoms with Gasteiger partial charge in [-0.2, -0.15) is 0 Å². The number of terminal acetylenes is 1. The van der Waals surface area contributed by atoms with Gasteiger partial charge in [0.05, 0.1) is 17.3 Å². The first-order valence-corrected chi connectivity index (χ1v) is 6.41. The molecule has 0 aliphatic rings. The summed E-state index contributed by atoms with van der Waals surface area (Å²) in [6, 6.07) is 5.48. The van der Waals surface area contributed by atoms with Crippen molar-refractivity contribution >= 4 is 44.6 Å². The van der Waals surface area contributed by atoms with Crippen molar-refractivity contribution < 1.29 is 4.79 Å². The van der Waals surface area contributed by atoms with Crippen LogP contribution in [0.15, 0.2) is 18.2 Å². The monoisotopic (exact) mass is 278 g/mol. The third-order valence-electron chi connectivity index (χ3n) is 2.57. The third kappa shape index (κ3) is 2.03. The number of hydrogen-bond acceptors (Lipinski definition) is 3. The maximum Gasteiger partial charge on any atom is 0.266 e. The highest BCUT2D eigenvalue weighted by molar-refractivity contribution is 7.21. The van der Waals surface area contributed by atoms with Crippen LogP contribution in [0.1, 0.15) is 9.67 Å². The van der Waals surface area contributed by atoms with Crippen molar-refractivity contribution in [3.05, 3.63) is 28.1 Å². The van der Waals surface area contributed by atoms with Crippen molar-refractivity contribution in [2.75, 3.05) is 19.3 Å². The molecular formula is C13H11ClN2OS. The van der Waals surface area contributed by atoms with Crippen LogP contribution in [0, 0.1) is 12.3 Å². The van der Waals surface area contributed by atoms with Gasteiger partial charge in [0.25, 0.3) is 5.91 Å². The Hall–Kier alpha value is -1.70. The number of carbonyl (C=O) groups excluding carboxylic acids is 1. The predicted octanol–water partition coefficient (Wildman–Crippen LogP) is 2.84. The Morgan fingerprint density at radius 2 is 2.33 bits per heavy atom. The first-order chi connectivity index (χ1) is 8.56. The number of amides is 1. The van der Waals surface area contributed by atoms with E-state index in [1.807, 2.05) is 12.1 Å². The molecule has 0 saturated heterocycles. The summed E-state index contributed by atoms with van der Waals surface area (Å²) in [7, 11) is 1.65. The fourth-order valence-corrected chi connectivity index (χ4v) is 3.15. The van der Waals surface area contributed by atoms with Crippen molar-refractivity contribution in [2.24, 2.45) is 0 Å². The molecule has 0 saturated carbocycles. The maximum absolute atomic E-state index is 12.2. The Balaban J connectivity index is 2.54. The molecule has 2 aromatic rings. The van der Waals surface area contributed by atoms with Gasteiger partial charge >= 0.3 is 0 Å². The Morgan fingerprint density at radius 3 is 2.94 bits per heavy atom. The second kappa shape index (κ2) is 4.89. The highest BCUT2D eigenvalue weighted by atomic mass is 35.5. The Morgan fingerprint density at radius 1 is 1.61 bits per heavy atom. The molecule has 0 unspecified atom stereocenters. The first kappa shape index (κ1) is 12.7. The topological polar surface area (TPSA) is 46.3 Å². The molecule has 2 N–H and O–H groups in total. The number of nitrogen functional groups attached to an aromatic ring is 1. The van der Waals surface area contributed by atoms with E-state index in [0.29, 0.717) is 15.6 Å². The van der Waals surface area contributed by atoms with E-state index >= 15 is 0 Å². The summed E-state index contributed by atoms with van der Waals surface area (Å²) in [5.41, 5.74) is 6.43. The van der Waals surface area contributed by atoms with E-state index in [1.165, 1.54) is 16.2 Å². The third-order valence-corrected chi connectivity index (χ3v) is 4.04. The van der Waals surface area contributed by atoms with Crippen LogP contribution in [0.5, 0.6) is 0 Å². The molecule has 3 nitrogen and oxygen atoms in total. The van der Waals surface area contributed by atoms with Gasteiger partial charge in [-0.1, -0.05) is 23.6 Å². The molecule has 2 rings (SSSR count). The molecule has 0 aliphatic heterocycles. The highest BCUT2D eigenvalue weighted by Crippen LogP contribution is 2.38. The summed E-state index contributed by atoms with van der Waals surface area (Å²) in [5.74, 6) is 2.25. The molecule has 1 aromatic heterocycles. The molecule has 0 aliphatic carbocycles. The van der Waals surface area contributed by atoms with E-state index in [1.54, 1.807) is 13.1 Å². The summed E-state index contributed by atoms with van der Waals surface area (Å²) < 4.78 is 0.900. The van der Waals surface area contributed by atoms with Gasteiger partial charge in [0.2, 0.25) is 0 Å². The summed E-state index contributed by atoms with van der Waals surface area (Å²) >= 11 is 7.42. The summed E-state index contributed by atoms with van der Waals surface area (Å²) in [6.07, 6.45) is 5.19. The number of halogens is 1. The first-order valence-electron chi connectivity index (χ1n) is 5.21. The number of anilines is 1. The van der Waals surface area contributed by atoms with E-state index in [0.717, 1.165) is 10.1 Å². The van der Waals surface area contributed by atoms with E-state index < -0.39 is 0 Å². The van der Waals surface area contributed by atoms with Crippen molar-refractivity contribution in [1.82, 2.24) is 4.90 Å². The SMILES string of the molecule is C#CCN(C)C(=O)c1sc2cccc(Cl)c2c1N. The minimum Gasteiger partial charge on any atom is -0.397 e. The van der Waals surface area contributed by atoms with Crippen molar-refractivity contribution in [3.63, 3.8) is 0 Å². The molecule has 0 atom stereocenters. The Kier molecular flexibility index (Phi) is 3.46. The maximum atomic E-state index is 12.2. The molecule has 0 fully saturated rings. The number of thiophene rings is 1. The van der Waals surface area contributed by atoms with Gasteiger partial charge < -0.3 is 10.6 Å². The normalized spacial score (nSPS) is 10.3. The second-order valence-corrected chi connectivity index (χ2v) is 5.28. The molecule has 0 bridgehead atoms. The van der Waals surface area contributed by atoms with Gasteiger partial charge in [-0.15, -0.1) is 17.8 Å². The van der Waals surface area contributed by atoms with Crippen molar-refractivity contribution in [3.8, 4) is 12.3 Å². The molecule has 1 aromatic carbocycles. The van der Waals surface area contributed by atoms with Gasteiger partial charge in [0, 0.05) is 17.1 Å². The molecule has 0 radical (unpaired) electrons.